The first-order chi connectivity index (χ1) is 11.0. The smallest absolute Gasteiger partial charge is 0.348 e. The van der Waals surface area contributed by atoms with E-state index in [0.29, 0.717) is 6.54 Å². The van der Waals surface area contributed by atoms with Crippen LogP contribution in [-0.4, -0.2) is 40.6 Å². The molecular formula is C18H23NO4. The summed E-state index contributed by atoms with van der Waals surface area (Å²) in [5.74, 6) is -1.68. The van der Waals surface area contributed by atoms with Crippen LogP contribution >= 0.6 is 0 Å². The molecule has 1 heterocycles. The van der Waals surface area contributed by atoms with Gasteiger partial charge in [-0.05, 0) is 24.3 Å². The van der Waals surface area contributed by atoms with Gasteiger partial charge >= 0.3 is 5.97 Å². The first-order valence-electron chi connectivity index (χ1n) is 8.16. The van der Waals surface area contributed by atoms with Crippen LogP contribution in [0.5, 0.6) is 0 Å². The van der Waals surface area contributed by atoms with Gasteiger partial charge in [0.05, 0.1) is 7.11 Å². The SMILES string of the molecule is COC(=O)[C@@]1(O)C(=O)N(Cc2ccccc2)[C@H]2CCC[C@@H]2[C@H]1C. The molecule has 1 aromatic carbocycles. The van der Waals surface area contributed by atoms with Crippen molar-refractivity contribution in [2.24, 2.45) is 11.8 Å². The number of piperidine rings is 1. The van der Waals surface area contributed by atoms with Crippen molar-refractivity contribution in [3.05, 3.63) is 35.9 Å². The molecule has 3 rings (SSSR count). The first kappa shape index (κ1) is 16.0. The van der Waals surface area contributed by atoms with E-state index < -0.39 is 23.4 Å². The van der Waals surface area contributed by atoms with Gasteiger partial charge in [0.15, 0.2) is 0 Å². The molecule has 1 saturated carbocycles. The molecule has 5 heteroatoms. The van der Waals surface area contributed by atoms with Crippen molar-refractivity contribution < 1.29 is 19.4 Å². The van der Waals surface area contributed by atoms with Crippen LogP contribution < -0.4 is 0 Å². The topological polar surface area (TPSA) is 66.8 Å². The highest BCUT2D eigenvalue weighted by atomic mass is 16.5. The fourth-order valence-corrected chi connectivity index (χ4v) is 4.21. The van der Waals surface area contributed by atoms with Crippen molar-refractivity contribution in [3.63, 3.8) is 0 Å². The van der Waals surface area contributed by atoms with E-state index in [4.69, 9.17) is 4.74 Å². The fourth-order valence-electron chi connectivity index (χ4n) is 4.21. The molecule has 0 radical (unpaired) electrons. The zero-order chi connectivity index (χ0) is 16.6. The molecule has 4 atom stereocenters. The van der Waals surface area contributed by atoms with Gasteiger partial charge in [0.2, 0.25) is 5.60 Å². The lowest BCUT2D eigenvalue weighted by atomic mass is 9.72. The molecule has 124 valence electrons. The zero-order valence-electron chi connectivity index (χ0n) is 13.6. The van der Waals surface area contributed by atoms with E-state index in [2.05, 4.69) is 0 Å². The molecule has 5 nitrogen and oxygen atoms in total. The lowest BCUT2D eigenvalue weighted by Crippen LogP contribution is -2.67. The molecule has 1 aromatic rings. The maximum Gasteiger partial charge on any atom is 0.348 e. The number of benzene rings is 1. The zero-order valence-corrected chi connectivity index (χ0v) is 13.6. The average molecular weight is 317 g/mol. The van der Waals surface area contributed by atoms with Crippen molar-refractivity contribution in [3.8, 4) is 0 Å². The van der Waals surface area contributed by atoms with E-state index in [-0.39, 0.29) is 12.0 Å². The van der Waals surface area contributed by atoms with E-state index in [1.807, 2.05) is 30.3 Å². The van der Waals surface area contributed by atoms with Crippen molar-refractivity contribution in [1.82, 2.24) is 4.90 Å². The van der Waals surface area contributed by atoms with Crippen LogP contribution in [0.15, 0.2) is 30.3 Å². The van der Waals surface area contributed by atoms with Gasteiger partial charge in [-0.15, -0.1) is 0 Å². The maximum absolute atomic E-state index is 13.0. The molecule has 1 aliphatic carbocycles. The Morgan fingerprint density at radius 1 is 1.35 bits per heavy atom. The van der Waals surface area contributed by atoms with Crippen molar-refractivity contribution in [2.45, 2.75) is 44.4 Å². The molecule has 0 bridgehead atoms. The molecule has 2 aliphatic rings. The van der Waals surface area contributed by atoms with E-state index in [0.717, 1.165) is 24.8 Å². The summed E-state index contributed by atoms with van der Waals surface area (Å²) in [4.78, 5) is 26.8. The number of hydrogen-bond acceptors (Lipinski definition) is 4. The largest absolute Gasteiger partial charge is 0.466 e. The Morgan fingerprint density at radius 3 is 2.70 bits per heavy atom. The number of fused-ring (bicyclic) bond motifs is 1. The number of methoxy groups -OCH3 is 1. The minimum Gasteiger partial charge on any atom is -0.466 e. The molecule has 1 aliphatic heterocycles. The second kappa shape index (κ2) is 5.96. The highest BCUT2D eigenvalue weighted by molar-refractivity contribution is 6.07. The van der Waals surface area contributed by atoms with Crippen LogP contribution in [0.1, 0.15) is 31.7 Å². The predicted molar refractivity (Wildman–Crippen MR) is 84.3 cm³/mol. The summed E-state index contributed by atoms with van der Waals surface area (Å²) in [6.07, 6.45) is 2.85. The van der Waals surface area contributed by atoms with Crippen molar-refractivity contribution >= 4 is 11.9 Å². The molecule has 0 aromatic heterocycles. The Morgan fingerprint density at radius 2 is 2.04 bits per heavy atom. The minimum atomic E-state index is -2.07. The number of aliphatic hydroxyl groups is 1. The minimum absolute atomic E-state index is 0.0858. The number of esters is 1. The quantitative estimate of drug-likeness (QED) is 0.681. The van der Waals surface area contributed by atoms with E-state index in [1.54, 1.807) is 11.8 Å². The van der Waals surface area contributed by atoms with Gasteiger partial charge < -0.3 is 14.7 Å². The lowest BCUT2D eigenvalue weighted by molar-refractivity contribution is -0.193. The molecular weight excluding hydrogens is 294 g/mol. The second-order valence-electron chi connectivity index (χ2n) is 6.63. The van der Waals surface area contributed by atoms with Crippen LogP contribution in [0.25, 0.3) is 0 Å². The van der Waals surface area contributed by atoms with E-state index >= 15 is 0 Å². The summed E-state index contributed by atoms with van der Waals surface area (Å²) in [5, 5.41) is 10.9. The van der Waals surface area contributed by atoms with Gasteiger partial charge in [-0.2, -0.15) is 0 Å². The predicted octanol–water partition coefficient (Wildman–Crippen LogP) is 1.74. The van der Waals surface area contributed by atoms with Crippen molar-refractivity contribution in [2.75, 3.05) is 7.11 Å². The number of rotatable bonds is 3. The molecule has 0 spiro atoms. The third kappa shape index (κ3) is 2.43. The molecule has 1 amide bonds. The first-order valence-corrected chi connectivity index (χ1v) is 8.16. The van der Waals surface area contributed by atoms with E-state index in [9.17, 15) is 14.7 Å². The summed E-state index contributed by atoms with van der Waals surface area (Å²) in [6.45, 7) is 2.20. The number of carbonyl (C=O) groups is 2. The number of likely N-dealkylation sites (tertiary alicyclic amines) is 1. The Balaban J connectivity index is 1.97. The van der Waals surface area contributed by atoms with Crippen molar-refractivity contribution in [1.29, 1.82) is 0 Å². The number of carbonyl (C=O) groups excluding carboxylic acids is 2. The lowest BCUT2D eigenvalue weighted by Gasteiger charge is -2.48. The number of amides is 1. The van der Waals surface area contributed by atoms with Crippen LogP contribution in [0, 0.1) is 11.8 Å². The second-order valence-corrected chi connectivity index (χ2v) is 6.63. The van der Waals surface area contributed by atoms with Crippen LogP contribution in [0.2, 0.25) is 0 Å². The normalized spacial score (nSPS) is 33.4. The summed E-state index contributed by atoms with van der Waals surface area (Å²) in [5.41, 5.74) is -1.08. The molecule has 0 unspecified atom stereocenters. The molecule has 2 fully saturated rings. The molecule has 23 heavy (non-hydrogen) atoms. The highest BCUT2D eigenvalue weighted by Crippen LogP contribution is 2.46. The number of nitrogens with zero attached hydrogens (tertiary/aromatic N) is 1. The van der Waals surface area contributed by atoms with Gasteiger partial charge in [-0.3, -0.25) is 4.79 Å². The average Bonchev–Trinajstić information content (AvgIpc) is 3.06. The summed E-state index contributed by atoms with van der Waals surface area (Å²) >= 11 is 0. The van der Waals surface area contributed by atoms with Gasteiger partial charge in [-0.25, -0.2) is 4.79 Å². The van der Waals surface area contributed by atoms with Gasteiger partial charge in [0, 0.05) is 18.5 Å². The van der Waals surface area contributed by atoms with Crippen LogP contribution in [0.4, 0.5) is 0 Å². The Bertz CT molecular complexity index is 602. The Hall–Kier alpha value is -1.88. The molecule has 1 saturated heterocycles. The summed E-state index contributed by atoms with van der Waals surface area (Å²) < 4.78 is 4.74. The van der Waals surface area contributed by atoms with Gasteiger partial charge in [0.1, 0.15) is 0 Å². The summed E-state index contributed by atoms with van der Waals surface area (Å²) in [7, 11) is 1.21. The van der Waals surface area contributed by atoms with Gasteiger partial charge in [-0.1, -0.05) is 43.7 Å². The monoisotopic (exact) mass is 317 g/mol. The highest BCUT2D eigenvalue weighted by Gasteiger charge is 2.61. The molecule has 1 N–H and O–H groups in total. The van der Waals surface area contributed by atoms with Crippen LogP contribution in [0.3, 0.4) is 0 Å². The van der Waals surface area contributed by atoms with E-state index in [1.165, 1.54) is 7.11 Å². The summed E-state index contributed by atoms with van der Waals surface area (Å²) in [6, 6.07) is 9.75. The number of hydrogen-bond donors (Lipinski definition) is 1. The standard InChI is InChI=1S/C18H23NO4/c1-12-14-9-6-10-15(14)19(11-13-7-4-3-5-8-13)16(20)18(12,22)17(21)23-2/h3-5,7-8,12,14-15,22H,6,9-11H2,1-2H3/t12-,14-,15+,18+/m1/s1. The fraction of sp³-hybridized carbons (Fsp3) is 0.556. The third-order valence-corrected chi connectivity index (χ3v) is 5.51. The Labute approximate surface area is 136 Å². The third-order valence-electron chi connectivity index (χ3n) is 5.51. The van der Waals surface area contributed by atoms with Gasteiger partial charge in [0.25, 0.3) is 5.91 Å². The maximum atomic E-state index is 13.0. The van der Waals surface area contributed by atoms with Crippen LogP contribution in [-0.2, 0) is 20.9 Å². The Kier molecular flexibility index (Phi) is 4.15. The number of ether oxygens (including phenoxy) is 1.